The first-order valence-electron chi connectivity index (χ1n) is 5.57. The Morgan fingerprint density at radius 3 is 2.78 bits per heavy atom. The summed E-state index contributed by atoms with van der Waals surface area (Å²) in [5, 5.41) is 14.0. The smallest absolute Gasteiger partial charge is 0.144 e. The number of hydrogen-bond donors (Lipinski definition) is 2. The van der Waals surface area contributed by atoms with Gasteiger partial charge in [-0.15, -0.1) is 0 Å². The van der Waals surface area contributed by atoms with Crippen molar-refractivity contribution in [3.8, 4) is 0 Å². The summed E-state index contributed by atoms with van der Waals surface area (Å²) >= 11 is 6.07. The van der Waals surface area contributed by atoms with Gasteiger partial charge in [0.25, 0.3) is 0 Å². The maximum atomic E-state index is 10.4. The molecule has 0 aliphatic rings. The lowest BCUT2D eigenvalue weighted by Crippen LogP contribution is -2.31. The van der Waals surface area contributed by atoms with Gasteiger partial charge >= 0.3 is 0 Å². The van der Waals surface area contributed by atoms with Gasteiger partial charge in [0.2, 0.25) is 0 Å². The number of anilines is 1. The van der Waals surface area contributed by atoms with Crippen LogP contribution in [-0.4, -0.2) is 21.6 Å². The summed E-state index contributed by atoms with van der Waals surface area (Å²) in [6.07, 6.45) is 4.78. The Bertz CT molecular complexity index is 517. The lowest BCUT2D eigenvalue weighted by atomic mass is 9.96. The number of benzene rings is 1. The minimum Gasteiger partial charge on any atom is -0.384 e. The van der Waals surface area contributed by atoms with E-state index in [4.69, 9.17) is 11.6 Å². The molecule has 1 aromatic carbocycles. The highest BCUT2D eigenvalue weighted by atomic mass is 35.5. The van der Waals surface area contributed by atoms with Crippen molar-refractivity contribution in [2.75, 3.05) is 11.9 Å². The summed E-state index contributed by atoms with van der Waals surface area (Å²) in [7, 11) is 0. The van der Waals surface area contributed by atoms with Crippen molar-refractivity contribution >= 4 is 17.4 Å². The van der Waals surface area contributed by atoms with Gasteiger partial charge in [-0.3, -0.25) is 4.98 Å². The maximum absolute atomic E-state index is 10.4. The van der Waals surface area contributed by atoms with Gasteiger partial charge in [-0.25, -0.2) is 4.98 Å². The van der Waals surface area contributed by atoms with Crippen LogP contribution in [0.1, 0.15) is 12.5 Å². The molecule has 0 spiro atoms. The zero-order valence-electron chi connectivity index (χ0n) is 9.97. The summed E-state index contributed by atoms with van der Waals surface area (Å²) in [6, 6.07) is 7.24. The van der Waals surface area contributed by atoms with Crippen molar-refractivity contribution < 1.29 is 5.11 Å². The van der Waals surface area contributed by atoms with Crippen molar-refractivity contribution in [2.45, 2.75) is 12.5 Å². The predicted octanol–water partition coefficient (Wildman–Crippen LogP) is 2.45. The van der Waals surface area contributed by atoms with E-state index in [0.29, 0.717) is 22.9 Å². The zero-order valence-corrected chi connectivity index (χ0v) is 10.7. The monoisotopic (exact) mass is 263 g/mol. The molecular formula is C13H14ClN3O. The van der Waals surface area contributed by atoms with Crippen LogP contribution >= 0.6 is 11.6 Å². The minimum atomic E-state index is -1.07. The van der Waals surface area contributed by atoms with Crippen LogP contribution in [-0.2, 0) is 5.60 Å². The van der Waals surface area contributed by atoms with Crippen LogP contribution in [0.4, 0.5) is 5.82 Å². The number of nitrogens with one attached hydrogen (secondary N) is 1. The summed E-state index contributed by atoms with van der Waals surface area (Å²) in [4.78, 5) is 8.02. The van der Waals surface area contributed by atoms with Crippen LogP contribution in [0.2, 0.25) is 5.02 Å². The number of halogens is 1. The number of aromatic nitrogens is 2. The lowest BCUT2D eigenvalue weighted by Gasteiger charge is -2.25. The molecule has 4 nitrogen and oxygen atoms in total. The second-order valence-corrected chi connectivity index (χ2v) is 4.61. The van der Waals surface area contributed by atoms with E-state index in [9.17, 15) is 5.11 Å². The first kappa shape index (κ1) is 12.8. The van der Waals surface area contributed by atoms with E-state index in [2.05, 4.69) is 15.3 Å². The molecule has 0 bridgehead atoms. The fraction of sp³-hybridized carbons (Fsp3) is 0.231. The number of aliphatic hydroxyl groups is 1. The Morgan fingerprint density at radius 2 is 2.11 bits per heavy atom. The van der Waals surface area contributed by atoms with Crippen molar-refractivity contribution in [1.82, 2.24) is 9.97 Å². The molecular weight excluding hydrogens is 250 g/mol. The van der Waals surface area contributed by atoms with E-state index in [-0.39, 0.29) is 0 Å². The Balaban J connectivity index is 2.11. The Kier molecular flexibility index (Phi) is 3.79. The van der Waals surface area contributed by atoms with Crippen LogP contribution in [0.25, 0.3) is 0 Å². The summed E-state index contributed by atoms with van der Waals surface area (Å²) in [5.41, 5.74) is -0.390. The summed E-state index contributed by atoms with van der Waals surface area (Å²) < 4.78 is 0. The van der Waals surface area contributed by atoms with E-state index in [1.807, 2.05) is 12.1 Å². The molecule has 18 heavy (non-hydrogen) atoms. The van der Waals surface area contributed by atoms with Gasteiger partial charge in [0.05, 0.1) is 6.20 Å². The second-order valence-electron chi connectivity index (χ2n) is 4.20. The van der Waals surface area contributed by atoms with Gasteiger partial charge < -0.3 is 10.4 Å². The lowest BCUT2D eigenvalue weighted by molar-refractivity contribution is 0.0715. The maximum Gasteiger partial charge on any atom is 0.144 e. The van der Waals surface area contributed by atoms with Crippen molar-refractivity contribution in [3.05, 3.63) is 53.4 Å². The van der Waals surface area contributed by atoms with E-state index < -0.39 is 5.60 Å². The average molecular weight is 264 g/mol. The fourth-order valence-corrected chi connectivity index (χ4v) is 1.99. The molecule has 2 N–H and O–H groups in total. The van der Waals surface area contributed by atoms with Gasteiger partial charge in [-0.05, 0) is 13.0 Å². The Morgan fingerprint density at radius 1 is 1.33 bits per heavy atom. The first-order valence-corrected chi connectivity index (χ1v) is 5.95. The summed E-state index contributed by atoms with van der Waals surface area (Å²) in [5.74, 6) is 0.616. The third kappa shape index (κ3) is 2.97. The van der Waals surface area contributed by atoms with Gasteiger partial charge in [0, 0.05) is 29.5 Å². The van der Waals surface area contributed by atoms with Gasteiger partial charge in [0.1, 0.15) is 11.4 Å². The van der Waals surface area contributed by atoms with Crippen molar-refractivity contribution in [3.63, 3.8) is 0 Å². The van der Waals surface area contributed by atoms with Crippen LogP contribution in [0.15, 0.2) is 42.9 Å². The SMILES string of the molecule is CC(O)(CNc1cnccn1)c1ccccc1Cl. The van der Waals surface area contributed by atoms with E-state index in [1.54, 1.807) is 37.6 Å². The highest BCUT2D eigenvalue weighted by Gasteiger charge is 2.25. The van der Waals surface area contributed by atoms with Gasteiger partial charge in [-0.2, -0.15) is 0 Å². The zero-order chi connectivity index (χ0) is 13.0. The van der Waals surface area contributed by atoms with Crippen LogP contribution in [0, 0.1) is 0 Å². The molecule has 94 valence electrons. The van der Waals surface area contributed by atoms with Crippen molar-refractivity contribution in [1.29, 1.82) is 0 Å². The molecule has 0 saturated heterocycles. The highest BCUT2D eigenvalue weighted by molar-refractivity contribution is 6.31. The van der Waals surface area contributed by atoms with E-state index >= 15 is 0 Å². The molecule has 0 fully saturated rings. The first-order chi connectivity index (χ1) is 8.59. The molecule has 5 heteroatoms. The van der Waals surface area contributed by atoms with E-state index in [1.165, 1.54) is 0 Å². The Labute approximate surface area is 111 Å². The average Bonchev–Trinajstić information content (AvgIpc) is 2.38. The second kappa shape index (κ2) is 5.33. The molecule has 1 aromatic heterocycles. The third-order valence-electron chi connectivity index (χ3n) is 2.63. The molecule has 1 heterocycles. The predicted molar refractivity (Wildman–Crippen MR) is 71.5 cm³/mol. The molecule has 0 aliphatic heterocycles. The fourth-order valence-electron chi connectivity index (χ4n) is 1.65. The number of nitrogens with zero attached hydrogens (tertiary/aromatic N) is 2. The molecule has 0 saturated carbocycles. The summed E-state index contributed by atoms with van der Waals surface area (Å²) in [6.45, 7) is 2.01. The minimum absolute atomic E-state index is 0.301. The third-order valence-corrected chi connectivity index (χ3v) is 2.96. The van der Waals surface area contributed by atoms with Gasteiger partial charge in [0.15, 0.2) is 0 Å². The Hall–Kier alpha value is -1.65. The molecule has 0 amide bonds. The topological polar surface area (TPSA) is 58.0 Å². The molecule has 2 rings (SSSR count). The van der Waals surface area contributed by atoms with Crippen LogP contribution < -0.4 is 5.32 Å². The normalized spacial score (nSPS) is 13.9. The van der Waals surface area contributed by atoms with Gasteiger partial charge in [-0.1, -0.05) is 29.8 Å². The van der Waals surface area contributed by atoms with Crippen LogP contribution in [0.3, 0.4) is 0 Å². The molecule has 2 aromatic rings. The number of hydrogen-bond acceptors (Lipinski definition) is 4. The molecule has 0 aliphatic carbocycles. The standard InChI is InChI=1S/C13H14ClN3O/c1-13(18,10-4-2-3-5-11(10)14)9-17-12-8-15-6-7-16-12/h2-8,18H,9H2,1H3,(H,16,17). The molecule has 1 unspecified atom stereocenters. The quantitative estimate of drug-likeness (QED) is 0.890. The largest absolute Gasteiger partial charge is 0.384 e. The molecule has 1 atom stereocenters. The van der Waals surface area contributed by atoms with Crippen LogP contribution in [0.5, 0.6) is 0 Å². The molecule has 0 radical (unpaired) electrons. The number of rotatable bonds is 4. The highest BCUT2D eigenvalue weighted by Crippen LogP contribution is 2.27. The van der Waals surface area contributed by atoms with Crippen molar-refractivity contribution in [2.24, 2.45) is 0 Å². The van der Waals surface area contributed by atoms with E-state index in [0.717, 1.165) is 0 Å².